The van der Waals surface area contributed by atoms with E-state index in [9.17, 15) is 19.6 Å². The van der Waals surface area contributed by atoms with Crippen molar-refractivity contribution in [2.75, 3.05) is 6.54 Å². The summed E-state index contributed by atoms with van der Waals surface area (Å²) in [5.74, 6) is -1.57. The van der Waals surface area contributed by atoms with Gasteiger partial charge in [0.25, 0.3) is 0 Å². The molecule has 0 spiro atoms. The van der Waals surface area contributed by atoms with E-state index < -0.39 is 11.4 Å². The molecule has 0 aromatic rings. The summed E-state index contributed by atoms with van der Waals surface area (Å²) >= 11 is 0. The van der Waals surface area contributed by atoms with Gasteiger partial charge in [-0.05, 0) is 38.5 Å². The fourth-order valence-corrected chi connectivity index (χ4v) is 3.72. The van der Waals surface area contributed by atoms with Gasteiger partial charge in [-0.25, -0.2) is 0 Å². The van der Waals surface area contributed by atoms with Crippen LogP contribution in [0, 0.1) is 23.2 Å². The summed E-state index contributed by atoms with van der Waals surface area (Å²) in [6.07, 6.45) is 8.04. The summed E-state index contributed by atoms with van der Waals surface area (Å²) in [7, 11) is 0. The number of allylic oxidation sites excluding steroid dienone is 2. The highest BCUT2D eigenvalue weighted by molar-refractivity contribution is 6.07. The fraction of sp³-hybridized carbons (Fsp3) is 0.625. The largest absolute Gasteiger partial charge is 0.336 e. The van der Waals surface area contributed by atoms with E-state index in [1.807, 2.05) is 12.2 Å². The zero-order valence-corrected chi connectivity index (χ0v) is 12.4. The minimum absolute atomic E-state index is 0.257. The normalized spacial score (nSPS) is 29.3. The molecule has 0 bridgehead atoms. The zero-order chi connectivity index (χ0) is 15.7. The van der Waals surface area contributed by atoms with Gasteiger partial charge in [0.15, 0.2) is 0 Å². The molecular formula is C16H19N3O3. The molecule has 2 atom stereocenters. The third-order valence-electron chi connectivity index (χ3n) is 4.95. The second-order valence-corrected chi connectivity index (χ2v) is 6.37. The van der Waals surface area contributed by atoms with E-state index >= 15 is 0 Å². The van der Waals surface area contributed by atoms with E-state index in [0.29, 0.717) is 25.7 Å². The van der Waals surface area contributed by atoms with Crippen molar-refractivity contribution < 1.29 is 14.4 Å². The number of carbonyl (C=O) groups is 3. The van der Waals surface area contributed by atoms with Crippen LogP contribution in [0.5, 0.6) is 0 Å². The Bertz CT molecular complexity index is 558. The number of imide groups is 1. The van der Waals surface area contributed by atoms with Crippen molar-refractivity contribution in [1.29, 1.82) is 5.26 Å². The molecule has 1 saturated carbocycles. The van der Waals surface area contributed by atoms with E-state index in [4.69, 9.17) is 0 Å². The maximum absolute atomic E-state index is 12.3. The molecule has 2 fully saturated rings. The van der Waals surface area contributed by atoms with Crippen LogP contribution in [0.2, 0.25) is 0 Å². The summed E-state index contributed by atoms with van der Waals surface area (Å²) in [5, 5.41) is 12.0. The van der Waals surface area contributed by atoms with Crippen LogP contribution < -0.4 is 5.32 Å². The van der Waals surface area contributed by atoms with Crippen molar-refractivity contribution in [3.8, 4) is 6.07 Å². The maximum Gasteiger partial charge on any atom is 0.241 e. The number of amides is 3. The summed E-state index contributed by atoms with van der Waals surface area (Å²) < 4.78 is 0. The second kappa shape index (κ2) is 5.56. The number of rotatable bonds is 3. The lowest BCUT2D eigenvalue weighted by molar-refractivity contribution is -0.143. The molecule has 3 aliphatic rings. The van der Waals surface area contributed by atoms with Gasteiger partial charge in [0.05, 0.1) is 17.9 Å². The van der Waals surface area contributed by atoms with Crippen molar-refractivity contribution >= 4 is 17.7 Å². The number of carbonyl (C=O) groups excluding carboxylic acids is 3. The molecule has 22 heavy (non-hydrogen) atoms. The van der Waals surface area contributed by atoms with E-state index in [0.717, 1.165) is 17.7 Å². The number of nitrogens with zero attached hydrogens (tertiary/aromatic N) is 2. The van der Waals surface area contributed by atoms with Gasteiger partial charge in [-0.1, -0.05) is 12.2 Å². The quantitative estimate of drug-likeness (QED) is 0.619. The van der Waals surface area contributed by atoms with E-state index in [1.54, 1.807) is 0 Å². The van der Waals surface area contributed by atoms with Gasteiger partial charge in [-0.15, -0.1) is 0 Å². The highest BCUT2D eigenvalue weighted by atomic mass is 16.2. The highest BCUT2D eigenvalue weighted by Crippen LogP contribution is 2.35. The van der Waals surface area contributed by atoms with Crippen LogP contribution in [0.3, 0.4) is 0 Å². The summed E-state index contributed by atoms with van der Waals surface area (Å²) in [6, 6.07) is 2.18. The number of hydrogen-bond acceptors (Lipinski definition) is 4. The molecule has 1 aliphatic heterocycles. The molecule has 1 heterocycles. The molecule has 1 N–H and O–H groups in total. The molecule has 6 heteroatoms. The van der Waals surface area contributed by atoms with Crippen molar-refractivity contribution in [3.63, 3.8) is 0 Å². The Kier molecular flexibility index (Phi) is 3.73. The van der Waals surface area contributed by atoms with Gasteiger partial charge >= 0.3 is 0 Å². The summed E-state index contributed by atoms with van der Waals surface area (Å²) in [4.78, 5) is 37.9. The molecule has 3 rings (SSSR count). The van der Waals surface area contributed by atoms with Crippen molar-refractivity contribution in [1.82, 2.24) is 10.2 Å². The van der Waals surface area contributed by atoms with Gasteiger partial charge in [0, 0.05) is 0 Å². The van der Waals surface area contributed by atoms with Crippen molar-refractivity contribution in [2.24, 2.45) is 11.8 Å². The first-order valence-electron chi connectivity index (χ1n) is 7.79. The average Bonchev–Trinajstić information content (AvgIpc) is 3.08. The van der Waals surface area contributed by atoms with Crippen LogP contribution in [0.4, 0.5) is 0 Å². The first-order valence-corrected chi connectivity index (χ1v) is 7.79. The predicted octanol–water partition coefficient (Wildman–Crippen LogP) is 0.890. The Hall–Kier alpha value is -2.16. The third kappa shape index (κ3) is 2.41. The number of fused-ring (bicyclic) bond motifs is 1. The van der Waals surface area contributed by atoms with E-state index in [-0.39, 0.29) is 30.2 Å². The van der Waals surface area contributed by atoms with Crippen molar-refractivity contribution in [2.45, 2.75) is 44.1 Å². The Labute approximate surface area is 129 Å². The second-order valence-electron chi connectivity index (χ2n) is 6.37. The molecule has 0 aromatic heterocycles. The maximum atomic E-state index is 12.3. The molecule has 3 amide bonds. The minimum atomic E-state index is -0.822. The van der Waals surface area contributed by atoms with Crippen molar-refractivity contribution in [3.05, 3.63) is 12.2 Å². The van der Waals surface area contributed by atoms with Crippen LogP contribution >= 0.6 is 0 Å². The highest BCUT2D eigenvalue weighted by Gasteiger charge is 2.48. The standard InChI is InChI=1S/C16H19N3O3/c17-10-16(7-3-4-8-16)18-13(20)9-19-14(21)11-5-1-2-6-12(11)15(19)22/h1-2,11-12H,3-9H2,(H,18,20)/t11-,12-/m1/s1. The molecule has 6 nitrogen and oxygen atoms in total. The SMILES string of the molecule is N#CC1(NC(=O)CN2C(=O)[C@@H]3CC=CC[C@H]3C2=O)CCCC1. The van der Waals surface area contributed by atoms with Gasteiger partial charge < -0.3 is 5.32 Å². The third-order valence-corrected chi connectivity index (χ3v) is 4.95. The van der Waals surface area contributed by atoms with Crippen LogP contribution in [0.25, 0.3) is 0 Å². The first-order chi connectivity index (χ1) is 10.6. The lowest BCUT2D eigenvalue weighted by atomic mass is 9.85. The van der Waals surface area contributed by atoms with Crippen LogP contribution in [-0.2, 0) is 14.4 Å². The molecule has 0 radical (unpaired) electrons. The van der Waals surface area contributed by atoms with E-state index in [2.05, 4.69) is 11.4 Å². The average molecular weight is 301 g/mol. The van der Waals surface area contributed by atoms with Gasteiger partial charge in [0.2, 0.25) is 17.7 Å². The predicted molar refractivity (Wildman–Crippen MR) is 77.0 cm³/mol. The molecule has 116 valence electrons. The molecule has 2 aliphatic carbocycles. The Morgan fingerprint density at radius 1 is 1.23 bits per heavy atom. The molecule has 0 unspecified atom stereocenters. The van der Waals surface area contributed by atoms with Gasteiger partial charge in [-0.3, -0.25) is 19.3 Å². The summed E-state index contributed by atoms with van der Waals surface area (Å²) in [6.45, 7) is -0.270. The van der Waals surface area contributed by atoms with Crippen LogP contribution in [0.1, 0.15) is 38.5 Å². The van der Waals surface area contributed by atoms with Crippen LogP contribution in [0.15, 0.2) is 12.2 Å². The number of likely N-dealkylation sites (tertiary alicyclic amines) is 1. The molecular weight excluding hydrogens is 282 g/mol. The van der Waals surface area contributed by atoms with E-state index in [1.165, 1.54) is 0 Å². The Balaban J connectivity index is 1.66. The fourth-order valence-electron chi connectivity index (χ4n) is 3.72. The molecule has 1 saturated heterocycles. The lowest BCUT2D eigenvalue weighted by Crippen LogP contribution is -2.50. The number of hydrogen-bond donors (Lipinski definition) is 1. The van der Waals surface area contributed by atoms with Crippen LogP contribution in [-0.4, -0.2) is 34.7 Å². The lowest BCUT2D eigenvalue weighted by Gasteiger charge is -2.23. The Morgan fingerprint density at radius 2 is 1.77 bits per heavy atom. The Morgan fingerprint density at radius 3 is 2.27 bits per heavy atom. The van der Waals surface area contributed by atoms with Gasteiger partial charge in [0.1, 0.15) is 12.1 Å². The number of nitriles is 1. The topological polar surface area (TPSA) is 90.3 Å². The minimum Gasteiger partial charge on any atom is -0.336 e. The summed E-state index contributed by atoms with van der Waals surface area (Å²) in [5.41, 5.74) is -0.822. The van der Waals surface area contributed by atoms with Gasteiger partial charge in [-0.2, -0.15) is 5.26 Å². The number of nitrogens with one attached hydrogen (secondary N) is 1. The zero-order valence-electron chi connectivity index (χ0n) is 12.4. The molecule has 0 aromatic carbocycles. The monoisotopic (exact) mass is 301 g/mol. The smallest absolute Gasteiger partial charge is 0.241 e. The first kappa shape index (κ1) is 14.8.